The molecule has 0 unspecified atom stereocenters. The first-order chi connectivity index (χ1) is 9.78. The van der Waals surface area contributed by atoms with Gasteiger partial charge in [0.25, 0.3) is 0 Å². The summed E-state index contributed by atoms with van der Waals surface area (Å²) >= 11 is 0. The van der Waals surface area contributed by atoms with Gasteiger partial charge in [-0.25, -0.2) is 4.79 Å². The molecular formula is C17H28N2O2. The summed E-state index contributed by atoms with van der Waals surface area (Å²) in [5, 5.41) is 0. The highest BCUT2D eigenvalue weighted by Gasteiger charge is 2.26. The second kappa shape index (κ2) is 6.83. The summed E-state index contributed by atoms with van der Waals surface area (Å²) in [6, 6.07) is 3.92. The Morgan fingerprint density at radius 2 is 1.90 bits per heavy atom. The molecule has 0 saturated heterocycles. The number of benzene rings is 1. The maximum Gasteiger partial charge on any atom is 0.410 e. The average molecular weight is 292 g/mol. The van der Waals surface area contributed by atoms with Crippen molar-refractivity contribution < 1.29 is 9.53 Å². The monoisotopic (exact) mass is 292 g/mol. The quantitative estimate of drug-likeness (QED) is 0.738. The highest BCUT2D eigenvalue weighted by atomic mass is 16.6. The summed E-state index contributed by atoms with van der Waals surface area (Å²) in [5.41, 5.74) is 9.88. The van der Waals surface area contributed by atoms with Gasteiger partial charge in [0.05, 0.1) is 0 Å². The van der Waals surface area contributed by atoms with Gasteiger partial charge in [0, 0.05) is 18.8 Å². The molecule has 0 atom stereocenters. The molecule has 118 valence electrons. The Morgan fingerprint density at radius 1 is 1.29 bits per heavy atom. The van der Waals surface area contributed by atoms with Crippen molar-refractivity contribution in [3.63, 3.8) is 0 Å². The van der Waals surface area contributed by atoms with Crippen LogP contribution in [0.2, 0.25) is 0 Å². The molecule has 0 fully saturated rings. The van der Waals surface area contributed by atoms with Gasteiger partial charge in [-0.05, 0) is 56.9 Å². The molecule has 4 heteroatoms. The van der Waals surface area contributed by atoms with Crippen LogP contribution < -0.4 is 5.73 Å². The van der Waals surface area contributed by atoms with Crippen molar-refractivity contribution >= 4 is 11.8 Å². The molecule has 0 saturated carbocycles. The van der Waals surface area contributed by atoms with Gasteiger partial charge >= 0.3 is 6.09 Å². The molecule has 0 aliphatic carbocycles. The van der Waals surface area contributed by atoms with E-state index in [9.17, 15) is 4.79 Å². The van der Waals surface area contributed by atoms with E-state index in [0.29, 0.717) is 13.1 Å². The number of nitrogens with two attached hydrogens (primary N) is 1. The minimum Gasteiger partial charge on any atom is -0.444 e. The summed E-state index contributed by atoms with van der Waals surface area (Å²) in [7, 11) is 0. The van der Waals surface area contributed by atoms with Crippen LogP contribution in [0.3, 0.4) is 0 Å². The van der Waals surface area contributed by atoms with Crippen LogP contribution in [-0.2, 0) is 17.7 Å². The minimum absolute atomic E-state index is 0.243. The predicted octanol–water partition coefficient (Wildman–Crippen LogP) is 3.90. The Balaban J connectivity index is 0.00000106. The molecule has 2 N–H and O–H groups in total. The van der Waals surface area contributed by atoms with Crippen molar-refractivity contribution in [2.75, 3.05) is 12.3 Å². The first-order valence-electron chi connectivity index (χ1n) is 7.62. The van der Waals surface area contributed by atoms with Gasteiger partial charge < -0.3 is 15.4 Å². The summed E-state index contributed by atoms with van der Waals surface area (Å²) in [4.78, 5) is 13.8. The van der Waals surface area contributed by atoms with E-state index < -0.39 is 5.60 Å². The number of nitrogen functional groups attached to an aromatic ring is 1. The van der Waals surface area contributed by atoms with Gasteiger partial charge in [-0.15, -0.1) is 0 Å². The largest absolute Gasteiger partial charge is 0.444 e. The molecule has 0 aromatic heterocycles. The van der Waals surface area contributed by atoms with Crippen molar-refractivity contribution in [2.24, 2.45) is 0 Å². The summed E-state index contributed by atoms with van der Waals surface area (Å²) in [5.74, 6) is 0. The number of fused-ring (bicyclic) bond motifs is 1. The molecule has 1 amide bonds. The van der Waals surface area contributed by atoms with Gasteiger partial charge in [0.2, 0.25) is 0 Å². The SMILES string of the molecule is CC.Cc1c(N)ccc2c1CCN(C(=O)OC(C)(C)C)C2. The summed E-state index contributed by atoms with van der Waals surface area (Å²) in [6.45, 7) is 13.0. The molecular weight excluding hydrogens is 264 g/mol. The number of amides is 1. The van der Waals surface area contributed by atoms with E-state index in [4.69, 9.17) is 10.5 Å². The first kappa shape index (κ1) is 17.3. The van der Waals surface area contributed by atoms with Gasteiger partial charge in [0.15, 0.2) is 0 Å². The second-order valence-electron chi connectivity index (χ2n) is 6.07. The number of nitrogens with zero attached hydrogens (tertiary/aromatic N) is 1. The van der Waals surface area contributed by atoms with E-state index in [1.165, 1.54) is 11.1 Å². The Bertz CT molecular complexity index is 504. The minimum atomic E-state index is -0.450. The van der Waals surface area contributed by atoms with Crippen LogP contribution in [0.4, 0.5) is 10.5 Å². The molecule has 1 aliphatic heterocycles. The first-order valence-corrected chi connectivity index (χ1v) is 7.62. The smallest absolute Gasteiger partial charge is 0.410 e. The van der Waals surface area contributed by atoms with Gasteiger partial charge in [-0.1, -0.05) is 19.9 Å². The normalized spacial score (nSPS) is 13.9. The second-order valence-corrected chi connectivity index (χ2v) is 6.07. The molecule has 0 spiro atoms. The van der Waals surface area contributed by atoms with E-state index in [-0.39, 0.29) is 6.09 Å². The molecule has 21 heavy (non-hydrogen) atoms. The fourth-order valence-corrected chi connectivity index (χ4v) is 2.34. The third-order valence-corrected chi connectivity index (χ3v) is 3.38. The lowest BCUT2D eigenvalue weighted by molar-refractivity contribution is 0.0224. The van der Waals surface area contributed by atoms with Gasteiger partial charge in [-0.2, -0.15) is 0 Å². The van der Waals surface area contributed by atoms with E-state index in [1.807, 2.05) is 53.7 Å². The zero-order chi connectivity index (χ0) is 16.2. The lowest BCUT2D eigenvalue weighted by atomic mass is 9.94. The Labute approximate surface area is 128 Å². The van der Waals surface area contributed by atoms with E-state index in [2.05, 4.69) is 0 Å². The third-order valence-electron chi connectivity index (χ3n) is 3.38. The number of hydrogen-bond donors (Lipinski definition) is 1. The topological polar surface area (TPSA) is 55.6 Å². The molecule has 4 nitrogen and oxygen atoms in total. The predicted molar refractivity (Wildman–Crippen MR) is 87.3 cm³/mol. The average Bonchev–Trinajstić information content (AvgIpc) is 2.43. The molecule has 1 aromatic carbocycles. The van der Waals surface area contributed by atoms with Gasteiger partial charge in [0.1, 0.15) is 5.60 Å². The highest BCUT2D eigenvalue weighted by Crippen LogP contribution is 2.26. The number of anilines is 1. The fraction of sp³-hybridized carbons (Fsp3) is 0.588. The maximum atomic E-state index is 12.1. The Hall–Kier alpha value is -1.71. The molecule has 0 bridgehead atoms. The van der Waals surface area contributed by atoms with Crippen LogP contribution >= 0.6 is 0 Å². The molecule has 0 radical (unpaired) electrons. The summed E-state index contributed by atoms with van der Waals surface area (Å²) < 4.78 is 5.41. The standard InChI is InChI=1S/C15H22N2O2.C2H6/c1-10-12-7-8-17(14(18)19-15(2,3)4)9-11(12)5-6-13(10)16;1-2/h5-6H,7-9,16H2,1-4H3;1-2H3. The number of hydrogen-bond acceptors (Lipinski definition) is 3. The van der Waals surface area contributed by atoms with Crippen molar-refractivity contribution in [3.8, 4) is 0 Å². The highest BCUT2D eigenvalue weighted by molar-refractivity contribution is 5.69. The number of rotatable bonds is 0. The maximum absolute atomic E-state index is 12.1. The lowest BCUT2D eigenvalue weighted by Gasteiger charge is -2.32. The van der Waals surface area contributed by atoms with Crippen LogP contribution in [0.15, 0.2) is 12.1 Å². The van der Waals surface area contributed by atoms with Crippen molar-refractivity contribution in [2.45, 2.75) is 60.1 Å². The Kier molecular flexibility index (Phi) is 5.64. The van der Waals surface area contributed by atoms with E-state index >= 15 is 0 Å². The van der Waals surface area contributed by atoms with Crippen LogP contribution in [0.1, 0.15) is 51.3 Å². The number of carbonyl (C=O) groups is 1. The molecule has 2 rings (SSSR count). The number of carbonyl (C=O) groups excluding carboxylic acids is 1. The van der Waals surface area contributed by atoms with Crippen molar-refractivity contribution in [1.29, 1.82) is 0 Å². The Morgan fingerprint density at radius 3 is 2.48 bits per heavy atom. The number of ether oxygens (including phenoxy) is 1. The lowest BCUT2D eigenvalue weighted by Crippen LogP contribution is -2.40. The zero-order valence-electron chi connectivity index (χ0n) is 14.1. The fourth-order valence-electron chi connectivity index (χ4n) is 2.34. The van der Waals surface area contributed by atoms with E-state index in [1.54, 1.807) is 4.90 Å². The van der Waals surface area contributed by atoms with Crippen LogP contribution in [0.25, 0.3) is 0 Å². The molecule has 1 aliphatic rings. The van der Waals surface area contributed by atoms with E-state index in [0.717, 1.165) is 17.7 Å². The molecule has 1 aromatic rings. The van der Waals surface area contributed by atoms with Crippen molar-refractivity contribution in [3.05, 3.63) is 28.8 Å². The van der Waals surface area contributed by atoms with Gasteiger partial charge in [-0.3, -0.25) is 0 Å². The third kappa shape index (κ3) is 4.38. The molecule has 1 heterocycles. The summed E-state index contributed by atoms with van der Waals surface area (Å²) in [6.07, 6.45) is 0.596. The van der Waals surface area contributed by atoms with Crippen LogP contribution in [-0.4, -0.2) is 23.1 Å². The van der Waals surface area contributed by atoms with Crippen LogP contribution in [0, 0.1) is 6.92 Å². The van der Waals surface area contributed by atoms with Crippen molar-refractivity contribution in [1.82, 2.24) is 4.90 Å². The van der Waals surface area contributed by atoms with Crippen LogP contribution in [0.5, 0.6) is 0 Å². The zero-order valence-corrected chi connectivity index (χ0v) is 14.1.